The average Bonchev–Trinajstić information content (AvgIpc) is 3.07. The molecule has 4 unspecified atom stereocenters. The minimum absolute atomic E-state index is 0.00468. The highest BCUT2D eigenvalue weighted by molar-refractivity contribution is 14.1. The number of allylic oxidation sites excluding steroid dienone is 6. The van der Waals surface area contributed by atoms with Gasteiger partial charge in [-0.3, -0.25) is 24.1 Å². The van der Waals surface area contributed by atoms with Gasteiger partial charge in [-0.1, -0.05) is 11.6 Å². The number of Topliss-reactive ketones (excluding diaryl/α,β-unsaturated/α-hetero) is 1. The number of benzene rings is 1. The molecular formula is C25H21BrINO6. The number of carbonyl (C=O) groups excluding carboxylic acids is 4. The lowest BCUT2D eigenvalue weighted by atomic mass is 9.59. The van der Waals surface area contributed by atoms with Crippen LogP contribution in [-0.4, -0.2) is 47.0 Å². The first-order chi connectivity index (χ1) is 16.2. The molecule has 34 heavy (non-hydrogen) atoms. The number of carbonyl (C=O) groups is 4. The molecule has 3 aliphatic carbocycles. The summed E-state index contributed by atoms with van der Waals surface area (Å²) < 4.78 is 6.09. The SMILES string of the molecule is CCN1C(=O)C2CC=C3C(c4cc(I)c(O)c(OC)c4)C4=C(CC3C2C1=O)C(=O)C(Br)=CC4=O. The molecule has 1 aromatic carbocycles. The number of nitrogens with zero attached hydrogens (tertiary/aromatic N) is 1. The lowest BCUT2D eigenvalue weighted by Gasteiger charge is -2.42. The fourth-order valence-corrected chi connectivity index (χ4v) is 6.95. The van der Waals surface area contributed by atoms with E-state index in [1.165, 1.54) is 18.1 Å². The number of fused-ring (bicyclic) bond motifs is 3. The van der Waals surface area contributed by atoms with E-state index in [1.807, 2.05) is 28.7 Å². The van der Waals surface area contributed by atoms with Gasteiger partial charge in [0.2, 0.25) is 11.8 Å². The van der Waals surface area contributed by atoms with Gasteiger partial charge in [0.05, 0.1) is 27.0 Å². The standard InChI is InChI=1S/C25H21BrINO6/c1-3-28-24(32)12-5-4-11-13(20(12)25(28)33)8-14-21(17(29)9-15(26)22(14)30)19(11)10-6-16(27)23(31)18(7-10)34-2/h4,6-7,9,12-13,19-20,31H,3,5,8H2,1-2H3. The van der Waals surface area contributed by atoms with Crippen LogP contribution in [0.4, 0.5) is 0 Å². The topological polar surface area (TPSA) is 101 Å². The van der Waals surface area contributed by atoms with E-state index in [-0.39, 0.29) is 51.7 Å². The van der Waals surface area contributed by atoms with Crippen LogP contribution in [0.2, 0.25) is 0 Å². The predicted octanol–water partition coefficient (Wildman–Crippen LogP) is 3.79. The van der Waals surface area contributed by atoms with Crippen LogP contribution in [0.5, 0.6) is 11.5 Å². The lowest BCUT2D eigenvalue weighted by molar-refractivity contribution is -0.139. The van der Waals surface area contributed by atoms with E-state index in [0.29, 0.717) is 33.2 Å². The largest absolute Gasteiger partial charge is 0.504 e. The Morgan fingerprint density at radius 3 is 2.59 bits per heavy atom. The lowest BCUT2D eigenvalue weighted by Crippen LogP contribution is -2.39. The van der Waals surface area contributed by atoms with Gasteiger partial charge in [0, 0.05) is 29.7 Å². The molecule has 0 spiro atoms. The van der Waals surface area contributed by atoms with E-state index in [9.17, 15) is 24.3 Å². The van der Waals surface area contributed by atoms with Gasteiger partial charge in [-0.15, -0.1) is 0 Å². The molecule has 9 heteroatoms. The van der Waals surface area contributed by atoms with Gasteiger partial charge in [-0.25, -0.2) is 0 Å². The maximum Gasteiger partial charge on any atom is 0.233 e. The van der Waals surface area contributed by atoms with Crippen molar-refractivity contribution in [3.63, 3.8) is 0 Å². The molecule has 0 aromatic heterocycles. The van der Waals surface area contributed by atoms with Gasteiger partial charge in [0.15, 0.2) is 23.1 Å². The van der Waals surface area contributed by atoms with Crippen molar-refractivity contribution in [2.45, 2.75) is 25.7 Å². The Bertz CT molecular complexity index is 1280. The molecule has 4 atom stereocenters. The number of phenols is 1. The van der Waals surface area contributed by atoms with Crippen LogP contribution >= 0.6 is 38.5 Å². The molecule has 1 saturated heterocycles. The summed E-state index contributed by atoms with van der Waals surface area (Å²) in [6.45, 7) is 2.09. The second-order valence-electron chi connectivity index (χ2n) is 8.87. The molecule has 1 aromatic rings. The Balaban J connectivity index is 1.73. The number of amides is 2. The van der Waals surface area contributed by atoms with Crippen LogP contribution in [0.3, 0.4) is 0 Å². The second kappa shape index (κ2) is 8.44. The number of likely N-dealkylation sites (tertiary alicyclic amines) is 1. The Kier molecular flexibility index (Phi) is 5.83. The zero-order valence-electron chi connectivity index (χ0n) is 18.4. The Morgan fingerprint density at radius 1 is 1.18 bits per heavy atom. The molecule has 0 saturated carbocycles. The van der Waals surface area contributed by atoms with Crippen LogP contribution in [0.25, 0.3) is 0 Å². The Labute approximate surface area is 218 Å². The number of imide groups is 1. The minimum Gasteiger partial charge on any atom is -0.504 e. The van der Waals surface area contributed by atoms with E-state index >= 15 is 0 Å². The van der Waals surface area contributed by atoms with Gasteiger partial charge in [-0.2, -0.15) is 0 Å². The second-order valence-corrected chi connectivity index (χ2v) is 10.9. The van der Waals surface area contributed by atoms with Gasteiger partial charge < -0.3 is 9.84 Å². The third-order valence-electron chi connectivity index (χ3n) is 7.34. The minimum atomic E-state index is -0.579. The number of methoxy groups -OCH3 is 1. The third-order valence-corrected chi connectivity index (χ3v) is 8.75. The van der Waals surface area contributed by atoms with Crippen molar-refractivity contribution in [2.24, 2.45) is 17.8 Å². The fourth-order valence-electron chi connectivity index (χ4n) is 5.88. The highest BCUT2D eigenvalue weighted by Gasteiger charge is 2.56. The van der Waals surface area contributed by atoms with Crippen molar-refractivity contribution in [3.05, 3.63) is 54.6 Å². The number of aromatic hydroxyl groups is 1. The zero-order chi connectivity index (χ0) is 24.5. The number of rotatable bonds is 3. The van der Waals surface area contributed by atoms with Gasteiger partial charge in [0.1, 0.15) is 0 Å². The number of halogens is 2. The summed E-state index contributed by atoms with van der Waals surface area (Å²) in [6, 6.07) is 3.45. The molecule has 1 N–H and O–H groups in total. The summed E-state index contributed by atoms with van der Waals surface area (Å²) in [4.78, 5) is 53.9. The molecular weight excluding hydrogens is 617 g/mol. The first-order valence-electron chi connectivity index (χ1n) is 11.0. The van der Waals surface area contributed by atoms with Crippen molar-refractivity contribution in [2.75, 3.05) is 13.7 Å². The van der Waals surface area contributed by atoms with Crippen molar-refractivity contribution >= 4 is 61.9 Å². The van der Waals surface area contributed by atoms with Gasteiger partial charge >= 0.3 is 0 Å². The van der Waals surface area contributed by atoms with Crippen molar-refractivity contribution in [1.29, 1.82) is 0 Å². The molecule has 176 valence electrons. The van der Waals surface area contributed by atoms with E-state index in [2.05, 4.69) is 15.9 Å². The molecule has 5 rings (SSSR count). The molecule has 4 aliphatic rings. The summed E-state index contributed by atoms with van der Waals surface area (Å²) >= 11 is 5.22. The van der Waals surface area contributed by atoms with Crippen molar-refractivity contribution in [1.82, 2.24) is 4.90 Å². The Morgan fingerprint density at radius 2 is 1.91 bits per heavy atom. The molecule has 0 radical (unpaired) electrons. The molecule has 1 aliphatic heterocycles. The van der Waals surface area contributed by atoms with Crippen molar-refractivity contribution in [3.8, 4) is 11.5 Å². The Hall–Kier alpha value is -2.27. The van der Waals surface area contributed by atoms with Crippen LogP contribution < -0.4 is 4.74 Å². The quantitative estimate of drug-likeness (QED) is 0.234. The zero-order valence-corrected chi connectivity index (χ0v) is 22.2. The summed E-state index contributed by atoms with van der Waals surface area (Å²) in [5.41, 5.74) is 2.33. The number of ether oxygens (including phenoxy) is 1. The third kappa shape index (κ3) is 3.26. The highest BCUT2D eigenvalue weighted by Crippen LogP contribution is 2.56. The predicted molar refractivity (Wildman–Crippen MR) is 134 cm³/mol. The molecule has 1 heterocycles. The van der Waals surface area contributed by atoms with Gasteiger partial charge in [-0.05, 0) is 81.9 Å². The van der Waals surface area contributed by atoms with E-state index in [0.717, 1.165) is 5.57 Å². The monoisotopic (exact) mass is 637 g/mol. The summed E-state index contributed by atoms with van der Waals surface area (Å²) in [6.07, 6.45) is 3.91. The molecule has 0 bridgehead atoms. The van der Waals surface area contributed by atoms with E-state index < -0.39 is 17.8 Å². The van der Waals surface area contributed by atoms with E-state index in [4.69, 9.17) is 4.74 Å². The summed E-state index contributed by atoms with van der Waals surface area (Å²) in [5, 5.41) is 10.4. The van der Waals surface area contributed by atoms with E-state index in [1.54, 1.807) is 19.1 Å². The maximum atomic E-state index is 13.3. The molecule has 7 nitrogen and oxygen atoms in total. The number of ketones is 2. The normalized spacial score (nSPS) is 28.4. The van der Waals surface area contributed by atoms with Gasteiger partial charge in [0.25, 0.3) is 0 Å². The summed E-state index contributed by atoms with van der Waals surface area (Å²) in [5.74, 6) is -2.63. The van der Waals surface area contributed by atoms with Crippen molar-refractivity contribution < 1.29 is 29.0 Å². The van der Waals surface area contributed by atoms with Crippen LogP contribution in [0.1, 0.15) is 31.2 Å². The first kappa shape index (κ1) is 23.5. The van der Waals surface area contributed by atoms with Crippen LogP contribution in [0.15, 0.2) is 45.5 Å². The number of phenolic OH excluding ortho intramolecular Hbond substituents is 1. The summed E-state index contributed by atoms with van der Waals surface area (Å²) in [7, 11) is 1.45. The molecule has 2 amide bonds. The number of hydrogen-bond acceptors (Lipinski definition) is 6. The smallest absolute Gasteiger partial charge is 0.233 e. The molecule has 1 fully saturated rings. The highest BCUT2D eigenvalue weighted by atomic mass is 127. The number of hydrogen-bond donors (Lipinski definition) is 1. The first-order valence-corrected chi connectivity index (χ1v) is 12.9. The van der Waals surface area contributed by atoms with Crippen LogP contribution in [0, 0.1) is 21.3 Å². The van der Waals surface area contributed by atoms with Crippen LogP contribution in [-0.2, 0) is 19.2 Å². The fraction of sp³-hybridized carbons (Fsp3) is 0.360. The average molecular weight is 638 g/mol. The maximum absolute atomic E-state index is 13.3.